The quantitative estimate of drug-likeness (QED) is 0.466. The smallest absolute Gasteiger partial charge is 0.303 e. The molecule has 0 atom stereocenters. The molecule has 8 nitrogen and oxygen atoms in total. The molecule has 10 heteroatoms. The Labute approximate surface area is 180 Å². The third kappa shape index (κ3) is 3.83. The number of halogens is 2. The van der Waals surface area contributed by atoms with Crippen molar-refractivity contribution in [1.82, 2.24) is 19.2 Å². The van der Waals surface area contributed by atoms with Crippen LogP contribution in [0.3, 0.4) is 0 Å². The second kappa shape index (κ2) is 8.33. The highest BCUT2D eigenvalue weighted by Crippen LogP contribution is 2.27. The molecule has 2 heterocycles. The third-order valence-electron chi connectivity index (χ3n) is 4.61. The summed E-state index contributed by atoms with van der Waals surface area (Å²) in [5.74, 6) is -0.145. The summed E-state index contributed by atoms with van der Waals surface area (Å²) in [7, 11) is 0. The van der Waals surface area contributed by atoms with Crippen molar-refractivity contribution in [3.8, 4) is 5.75 Å². The maximum Gasteiger partial charge on any atom is 0.303 e. The fourth-order valence-corrected chi connectivity index (χ4v) is 3.70. The van der Waals surface area contributed by atoms with E-state index in [1.54, 1.807) is 24.3 Å². The van der Waals surface area contributed by atoms with Crippen molar-refractivity contribution in [1.29, 1.82) is 0 Å². The van der Waals surface area contributed by atoms with E-state index in [1.165, 1.54) is 4.40 Å². The largest absolute Gasteiger partial charge is 0.490 e. The molecule has 0 fully saturated rings. The molecule has 0 aliphatic rings. The molecule has 0 aliphatic carbocycles. The number of aliphatic carboxylic acids is 1. The minimum atomic E-state index is -0.998. The van der Waals surface area contributed by atoms with Gasteiger partial charge in [0, 0.05) is 11.4 Å². The normalized spacial score (nSPS) is 11.3. The van der Waals surface area contributed by atoms with Crippen LogP contribution in [-0.2, 0) is 17.8 Å². The zero-order valence-corrected chi connectivity index (χ0v) is 17.1. The fraction of sp³-hybridized carbons (Fsp3) is 0.200. The van der Waals surface area contributed by atoms with E-state index in [0.29, 0.717) is 33.6 Å². The highest BCUT2D eigenvalue weighted by Gasteiger charge is 2.17. The van der Waals surface area contributed by atoms with E-state index < -0.39 is 5.97 Å². The van der Waals surface area contributed by atoms with E-state index in [4.69, 9.17) is 33.0 Å². The van der Waals surface area contributed by atoms with Crippen molar-refractivity contribution in [2.75, 3.05) is 6.61 Å². The molecule has 4 aromatic rings. The van der Waals surface area contributed by atoms with Crippen LogP contribution < -0.4 is 10.3 Å². The SMILES string of the molecule is O=C(O)CCc1nnc2n(CCOc3ccc(Cl)cc3Cl)c3ccccc3n2c1=O. The summed E-state index contributed by atoms with van der Waals surface area (Å²) < 4.78 is 9.05. The molecule has 0 saturated heterocycles. The number of para-hydroxylation sites is 2. The first-order valence-corrected chi connectivity index (χ1v) is 9.86. The Morgan fingerprint density at radius 2 is 1.87 bits per heavy atom. The molecule has 0 aliphatic heterocycles. The molecular weight excluding hydrogens is 431 g/mol. The van der Waals surface area contributed by atoms with Gasteiger partial charge in [-0.25, -0.2) is 4.40 Å². The van der Waals surface area contributed by atoms with Crippen molar-refractivity contribution in [3.05, 3.63) is 68.6 Å². The first-order valence-electron chi connectivity index (χ1n) is 9.11. The van der Waals surface area contributed by atoms with Crippen LogP contribution in [0.1, 0.15) is 12.1 Å². The summed E-state index contributed by atoms with van der Waals surface area (Å²) in [4.78, 5) is 23.8. The monoisotopic (exact) mass is 446 g/mol. The molecular formula is C20H16Cl2N4O4. The van der Waals surface area contributed by atoms with Gasteiger partial charge in [0.05, 0.1) is 29.0 Å². The maximum absolute atomic E-state index is 12.9. The Hall–Kier alpha value is -3.10. The van der Waals surface area contributed by atoms with Gasteiger partial charge in [-0.2, -0.15) is 0 Å². The highest BCUT2D eigenvalue weighted by atomic mass is 35.5. The van der Waals surface area contributed by atoms with E-state index >= 15 is 0 Å². The van der Waals surface area contributed by atoms with E-state index in [2.05, 4.69) is 10.2 Å². The fourth-order valence-electron chi connectivity index (χ4n) is 3.24. The second-order valence-electron chi connectivity index (χ2n) is 6.54. The molecule has 0 amide bonds. The van der Waals surface area contributed by atoms with Crippen LogP contribution in [0.4, 0.5) is 0 Å². The van der Waals surface area contributed by atoms with Crippen LogP contribution in [0.2, 0.25) is 10.0 Å². The molecule has 0 bridgehead atoms. The van der Waals surface area contributed by atoms with Crippen LogP contribution in [0.25, 0.3) is 16.8 Å². The number of fused-ring (bicyclic) bond motifs is 3. The van der Waals surface area contributed by atoms with Crippen molar-refractivity contribution in [2.24, 2.45) is 0 Å². The van der Waals surface area contributed by atoms with Gasteiger partial charge in [-0.15, -0.1) is 10.2 Å². The number of hydrogen-bond donors (Lipinski definition) is 1. The lowest BCUT2D eigenvalue weighted by atomic mass is 10.2. The van der Waals surface area contributed by atoms with Crippen molar-refractivity contribution < 1.29 is 14.6 Å². The molecule has 0 spiro atoms. The molecule has 154 valence electrons. The zero-order valence-electron chi connectivity index (χ0n) is 15.6. The van der Waals surface area contributed by atoms with Gasteiger partial charge in [0.15, 0.2) is 0 Å². The Bertz CT molecular complexity index is 1320. The maximum atomic E-state index is 12.9. The molecule has 2 aromatic heterocycles. The second-order valence-corrected chi connectivity index (χ2v) is 7.39. The van der Waals surface area contributed by atoms with Gasteiger partial charge in [0.2, 0.25) is 5.78 Å². The number of ether oxygens (including phenoxy) is 1. The van der Waals surface area contributed by atoms with Gasteiger partial charge in [-0.1, -0.05) is 35.3 Å². The predicted molar refractivity (Wildman–Crippen MR) is 113 cm³/mol. The molecule has 4 rings (SSSR count). The van der Waals surface area contributed by atoms with Crippen molar-refractivity contribution in [3.63, 3.8) is 0 Å². The topological polar surface area (TPSA) is 98.7 Å². The molecule has 0 saturated carbocycles. The minimum Gasteiger partial charge on any atom is -0.490 e. The lowest BCUT2D eigenvalue weighted by Gasteiger charge is -2.10. The van der Waals surface area contributed by atoms with Crippen LogP contribution in [-0.4, -0.2) is 36.8 Å². The number of aromatic nitrogens is 4. The standard InChI is InChI=1S/C20H16Cl2N4O4/c21-12-5-7-17(13(22)11-12)30-10-9-25-15-3-1-2-4-16(15)26-19(29)14(6-8-18(27)28)23-24-20(25)26/h1-5,7,11H,6,8-10H2,(H,27,28). The number of imidazole rings is 1. The highest BCUT2D eigenvalue weighted by molar-refractivity contribution is 6.35. The van der Waals surface area contributed by atoms with Gasteiger partial charge < -0.3 is 14.4 Å². The Kier molecular flexibility index (Phi) is 5.61. The third-order valence-corrected chi connectivity index (χ3v) is 5.14. The molecule has 1 N–H and O–H groups in total. The average Bonchev–Trinajstić information content (AvgIpc) is 3.03. The number of carbonyl (C=O) groups is 1. The van der Waals surface area contributed by atoms with Gasteiger partial charge >= 0.3 is 5.97 Å². The number of hydrogen-bond acceptors (Lipinski definition) is 5. The summed E-state index contributed by atoms with van der Waals surface area (Å²) >= 11 is 12.1. The number of nitrogens with zero attached hydrogens (tertiary/aromatic N) is 4. The number of carboxylic acids is 1. The van der Waals surface area contributed by atoms with Crippen LogP contribution in [0.5, 0.6) is 5.75 Å². The number of benzene rings is 2. The molecule has 0 unspecified atom stereocenters. The number of carboxylic acid groups (broad SMARTS) is 1. The minimum absolute atomic E-state index is 0.0157. The lowest BCUT2D eigenvalue weighted by Crippen LogP contribution is -2.23. The summed E-state index contributed by atoms with van der Waals surface area (Å²) in [5.41, 5.74) is 1.18. The van der Waals surface area contributed by atoms with E-state index in [1.807, 2.05) is 22.8 Å². The lowest BCUT2D eigenvalue weighted by molar-refractivity contribution is -0.136. The summed E-state index contributed by atoms with van der Waals surface area (Å²) in [5, 5.41) is 18.0. The molecule has 0 radical (unpaired) electrons. The van der Waals surface area contributed by atoms with Gasteiger partial charge in [-0.3, -0.25) is 9.59 Å². The summed E-state index contributed by atoms with van der Waals surface area (Å²) in [6.45, 7) is 0.658. The first-order chi connectivity index (χ1) is 14.5. The van der Waals surface area contributed by atoms with Crippen LogP contribution in [0, 0.1) is 0 Å². The Morgan fingerprint density at radius 1 is 1.10 bits per heavy atom. The van der Waals surface area contributed by atoms with E-state index in [-0.39, 0.29) is 30.7 Å². The Balaban J connectivity index is 1.69. The summed E-state index contributed by atoms with van der Waals surface area (Å²) in [6, 6.07) is 12.3. The van der Waals surface area contributed by atoms with Crippen LogP contribution in [0.15, 0.2) is 47.3 Å². The number of rotatable bonds is 7. The van der Waals surface area contributed by atoms with Crippen molar-refractivity contribution in [2.45, 2.75) is 19.4 Å². The Morgan fingerprint density at radius 3 is 2.60 bits per heavy atom. The zero-order chi connectivity index (χ0) is 21.3. The van der Waals surface area contributed by atoms with Gasteiger partial charge in [0.1, 0.15) is 18.1 Å². The predicted octanol–water partition coefficient (Wildman–Crippen LogP) is 3.45. The molecule has 2 aromatic carbocycles. The summed E-state index contributed by atoms with van der Waals surface area (Å²) in [6.07, 6.45) is -0.174. The van der Waals surface area contributed by atoms with Gasteiger partial charge in [0.25, 0.3) is 5.56 Å². The van der Waals surface area contributed by atoms with Crippen LogP contribution >= 0.6 is 23.2 Å². The van der Waals surface area contributed by atoms with E-state index in [9.17, 15) is 9.59 Å². The van der Waals surface area contributed by atoms with E-state index in [0.717, 1.165) is 5.52 Å². The average molecular weight is 447 g/mol. The molecule has 30 heavy (non-hydrogen) atoms. The number of aryl methyl sites for hydroxylation is 1. The van der Waals surface area contributed by atoms with Crippen molar-refractivity contribution >= 4 is 46.0 Å². The first kappa shape index (κ1) is 20.2. The van der Waals surface area contributed by atoms with Gasteiger partial charge in [-0.05, 0) is 30.3 Å².